The van der Waals surface area contributed by atoms with Crippen LogP contribution in [0.25, 0.3) is 0 Å². The number of nitrogens with zero attached hydrogens (tertiary/aromatic N) is 2. The number of allylic oxidation sites excluding steroid dienone is 12. The van der Waals surface area contributed by atoms with E-state index in [-0.39, 0.29) is 17.4 Å². The standard InChI is InChI=1S/C44H63N5O4/c1-3-4-5-6-7-8-9-10-11-12-13-14-15-16-17-18-19-20-24-27-42(51)46-30-34-49(37-36-48-32-28-45-29-33-48)35-31-47-43(52)40-38-41(50)44(2,53-40)39-25-22-21-23-26-39/h4-5,7-8,10-11,13-14,16-17,19-23,25-26,38,45H,3,6,9,12,15,18,24,27-37H2,1-2H3,(H,46,51)(H,47,52)/b5-4-,8-7-,11-10-,14-13-,17-16-,20-19-. The molecule has 3 N–H and O–H groups in total. The molecule has 1 aromatic rings. The van der Waals surface area contributed by atoms with Gasteiger partial charge >= 0.3 is 0 Å². The van der Waals surface area contributed by atoms with Gasteiger partial charge in [0.05, 0.1) is 0 Å². The summed E-state index contributed by atoms with van der Waals surface area (Å²) in [6.07, 6.45) is 34.4. The first kappa shape index (κ1) is 43.1. The molecule has 9 nitrogen and oxygen atoms in total. The highest BCUT2D eigenvalue weighted by Crippen LogP contribution is 2.34. The first-order valence-electron chi connectivity index (χ1n) is 19.5. The normalized spacial score (nSPS) is 18.5. The van der Waals surface area contributed by atoms with E-state index >= 15 is 0 Å². The van der Waals surface area contributed by atoms with E-state index in [1.165, 1.54) is 6.08 Å². The van der Waals surface area contributed by atoms with Crippen LogP contribution in [0.4, 0.5) is 0 Å². The lowest BCUT2D eigenvalue weighted by molar-refractivity contribution is -0.132. The molecule has 1 saturated heterocycles. The van der Waals surface area contributed by atoms with E-state index < -0.39 is 11.5 Å². The van der Waals surface area contributed by atoms with E-state index in [0.717, 1.165) is 77.8 Å². The highest BCUT2D eigenvalue weighted by atomic mass is 16.5. The molecule has 9 heteroatoms. The number of hydrogen-bond donors (Lipinski definition) is 3. The fourth-order valence-electron chi connectivity index (χ4n) is 5.89. The van der Waals surface area contributed by atoms with Crippen molar-refractivity contribution in [1.82, 2.24) is 25.8 Å². The van der Waals surface area contributed by atoms with Gasteiger partial charge in [-0.15, -0.1) is 0 Å². The summed E-state index contributed by atoms with van der Waals surface area (Å²) >= 11 is 0. The number of carbonyl (C=O) groups excluding carboxylic acids is 3. The monoisotopic (exact) mass is 725 g/mol. The number of piperazine rings is 1. The van der Waals surface area contributed by atoms with Crippen molar-refractivity contribution in [2.24, 2.45) is 0 Å². The lowest BCUT2D eigenvalue weighted by Gasteiger charge is -2.30. The number of carbonyl (C=O) groups is 3. The second-order valence-electron chi connectivity index (χ2n) is 13.4. The van der Waals surface area contributed by atoms with Gasteiger partial charge in [-0.3, -0.25) is 24.2 Å². The van der Waals surface area contributed by atoms with Crippen molar-refractivity contribution in [2.75, 3.05) is 65.4 Å². The minimum Gasteiger partial charge on any atom is -0.469 e. The minimum absolute atomic E-state index is 0.0351. The zero-order valence-corrected chi connectivity index (χ0v) is 32.1. The van der Waals surface area contributed by atoms with Gasteiger partial charge in [0.15, 0.2) is 11.4 Å². The lowest BCUT2D eigenvalue weighted by atomic mass is 9.92. The third-order valence-corrected chi connectivity index (χ3v) is 9.14. The molecule has 0 saturated carbocycles. The Morgan fingerprint density at radius 3 is 1.92 bits per heavy atom. The fourth-order valence-corrected chi connectivity index (χ4v) is 5.89. The molecule has 53 heavy (non-hydrogen) atoms. The Hall–Kier alpha value is -4.31. The maximum atomic E-state index is 12.9. The molecule has 288 valence electrons. The predicted molar refractivity (Wildman–Crippen MR) is 217 cm³/mol. The van der Waals surface area contributed by atoms with Gasteiger partial charge in [0.1, 0.15) is 0 Å². The van der Waals surface area contributed by atoms with E-state index in [4.69, 9.17) is 4.74 Å². The average Bonchev–Trinajstić information content (AvgIpc) is 3.49. The lowest BCUT2D eigenvalue weighted by Crippen LogP contribution is -2.48. The van der Waals surface area contributed by atoms with Crippen LogP contribution >= 0.6 is 0 Å². The van der Waals surface area contributed by atoms with Gasteiger partial charge < -0.3 is 20.7 Å². The van der Waals surface area contributed by atoms with Crippen molar-refractivity contribution >= 4 is 17.6 Å². The third-order valence-electron chi connectivity index (χ3n) is 9.14. The minimum atomic E-state index is -1.20. The molecule has 1 fully saturated rings. The van der Waals surface area contributed by atoms with Crippen molar-refractivity contribution in [1.29, 1.82) is 0 Å². The van der Waals surface area contributed by atoms with Crippen molar-refractivity contribution in [3.8, 4) is 0 Å². The Kier molecular flexibility index (Phi) is 21.5. The molecule has 0 spiro atoms. The van der Waals surface area contributed by atoms with Gasteiger partial charge in [-0.05, 0) is 51.9 Å². The summed E-state index contributed by atoms with van der Waals surface area (Å²) < 4.78 is 5.90. The zero-order chi connectivity index (χ0) is 37.8. The summed E-state index contributed by atoms with van der Waals surface area (Å²) in [5.41, 5.74) is -0.490. The molecule has 0 aliphatic carbocycles. The van der Waals surface area contributed by atoms with Crippen LogP contribution < -0.4 is 16.0 Å². The van der Waals surface area contributed by atoms with Gasteiger partial charge in [0.25, 0.3) is 5.91 Å². The second kappa shape index (κ2) is 26.5. The Morgan fingerprint density at radius 1 is 0.792 bits per heavy atom. The first-order valence-corrected chi connectivity index (χ1v) is 19.5. The van der Waals surface area contributed by atoms with E-state index in [1.54, 1.807) is 6.92 Å². The van der Waals surface area contributed by atoms with Crippen molar-refractivity contribution in [3.05, 3.63) is 121 Å². The van der Waals surface area contributed by atoms with Crippen molar-refractivity contribution in [3.63, 3.8) is 0 Å². The number of benzene rings is 1. The molecule has 2 amide bonds. The SMILES string of the molecule is CC/C=C\C/C=C\C/C=C\C/C=C\C/C=C\C/C=C\CCC(=O)NCCN(CCNC(=O)C1=CC(=O)C(C)(c2ccccc2)O1)CCN1CCNCC1. The van der Waals surface area contributed by atoms with Gasteiger partial charge in [-0.2, -0.15) is 0 Å². The number of hydrogen-bond acceptors (Lipinski definition) is 7. The molecular weight excluding hydrogens is 663 g/mol. The number of rotatable bonds is 25. The van der Waals surface area contributed by atoms with E-state index in [1.807, 2.05) is 30.3 Å². The van der Waals surface area contributed by atoms with Crippen LogP contribution in [-0.4, -0.2) is 92.8 Å². The van der Waals surface area contributed by atoms with Crippen LogP contribution in [0.3, 0.4) is 0 Å². The van der Waals surface area contributed by atoms with Crippen molar-refractivity contribution < 1.29 is 19.1 Å². The molecule has 0 radical (unpaired) electrons. The average molecular weight is 726 g/mol. The summed E-state index contributed by atoms with van der Waals surface area (Å²) in [4.78, 5) is 42.9. The van der Waals surface area contributed by atoms with Crippen LogP contribution in [-0.2, 0) is 24.7 Å². The van der Waals surface area contributed by atoms with Crippen LogP contribution in [0.15, 0.2) is 115 Å². The topological polar surface area (TPSA) is 103 Å². The largest absolute Gasteiger partial charge is 0.469 e. The summed E-state index contributed by atoms with van der Waals surface area (Å²) in [5.74, 6) is -0.574. The highest BCUT2D eigenvalue weighted by Gasteiger charge is 2.43. The van der Waals surface area contributed by atoms with Gasteiger partial charge in [-0.25, -0.2) is 0 Å². The molecule has 1 aromatic carbocycles. The smallest absolute Gasteiger partial charge is 0.286 e. The van der Waals surface area contributed by atoms with E-state index in [2.05, 4.69) is 106 Å². The van der Waals surface area contributed by atoms with Gasteiger partial charge in [0, 0.05) is 83.5 Å². The van der Waals surface area contributed by atoms with E-state index in [0.29, 0.717) is 44.6 Å². The molecule has 2 aliphatic heterocycles. The van der Waals surface area contributed by atoms with Crippen LogP contribution in [0.5, 0.6) is 0 Å². The second-order valence-corrected chi connectivity index (χ2v) is 13.4. The quantitative estimate of drug-likeness (QED) is 0.102. The summed E-state index contributed by atoms with van der Waals surface area (Å²) in [6.45, 7) is 11.8. The summed E-state index contributed by atoms with van der Waals surface area (Å²) in [7, 11) is 0. The molecule has 1 unspecified atom stereocenters. The van der Waals surface area contributed by atoms with Crippen LogP contribution in [0, 0.1) is 0 Å². The third kappa shape index (κ3) is 17.8. The summed E-state index contributed by atoms with van der Waals surface area (Å²) in [5, 5.41) is 9.37. The number of amides is 2. The van der Waals surface area contributed by atoms with Crippen LogP contribution in [0.1, 0.15) is 70.8 Å². The molecule has 0 bridgehead atoms. The van der Waals surface area contributed by atoms with E-state index in [9.17, 15) is 14.4 Å². The fraction of sp³-hybridized carbons (Fsp3) is 0.477. The maximum absolute atomic E-state index is 12.9. The Bertz CT molecular complexity index is 1440. The highest BCUT2D eigenvalue weighted by molar-refractivity contribution is 6.07. The van der Waals surface area contributed by atoms with Gasteiger partial charge in [-0.1, -0.05) is 110 Å². The molecule has 0 aromatic heterocycles. The molecule has 2 heterocycles. The Morgan fingerprint density at radius 2 is 1.34 bits per heavy atom. The van der Waals surface area contributed by atoms with Gasteiger partial charge in [0.2, 0.25) is 11.7 Å². The predicted octanol–water partition coefficient (Wildman–Crippen LogP) is 6.30. The number of ether oxygens (including phenoxy) is 1. The Labute approximate surface area is 318 Å². The maximum Gasteiger partial charge on any atom is 0.286 e. The number of ketones is 1. The Balaban J connectivity index is 1.29. The molecule has 3 rings (SSSR count). The van der Waals surface area contributed by atoms with Crippen molar-refractivity contribution in [2.45, 2.75) is 70.8 Å². The van der Waals surface area contributed by atoms with Crippen LogP contribution in [0.2, 0.25) is 0 Å². The molecular formula is C44H63N5O4. The zero-order valence-electron chi connectivity index (χ0n) is 32.1. The summed E-state index contributed by atoms with van der Waals surface area (Å²) in [6, 6.07) is 9.22. The number of nitrogens with one attached hydrogen (secondary N) is 3. The molecule has 2 aliphatic rings. The molecule has 1 atom stereocenters. The first-order chi connectivity index (χ1) is 25.9.